The van der Waals surface area contributed by atoms with Gasteiger partial charge in [0.25, 0.3) is 5.91 Å². The van der Waals surface area contributed by atoms with E-state index in [9.17, 15) is 14.0 Å². The van der Waals surface area contributed by atoms with Crippen LogP contribution < -0.4 is 5.32 Å². The summed E-state index contributed by atoms with van der Waals surface area (Å²) in [6, 6.07) is 12.7. The summed E-state index contributed by atoms with van der Waals surface area (Å²) < 4.78 is 18.6. The largest absolute Gasteiger partial charge is 0.449 e. The molecule has 4 nitrogen and oxygen atoms in total. The summed E-state index contributed by atoms with van der Waals surface area (Å²) in [5, 5.41) is 2.39. The van der Waals surface area contributed by atoms with Crippen LogP contribution in [0.15, 0.2) is 53.4 Å². The molecule has 0 radical (unpaired) electrons. The molecule has 6 heteroatoms. The first-order chi connectivity index (χ1) is 11.0. The van der Waals surface area contributed by atoms with Crippen molar-refractivity contribution in [2.75, 3.05) is 11.6 Å². The zero-order valence-corrected chi connectivity index (χ0v) is 13.5. The molecule has 0 fully saturated rings. The van der Waals surface area contributed by atoms with Gasteiger partial charge in [-0.05, 0) is 49.6 Å². The smallest absolute Gasteiger partial charge is 0.338 e. The molecule has 1 atom stereocenters. The van der Waals surface area contributed by atoms with E-state index in [1.165, 1.54) is 25.1 Å². The van der Waals surface area contributed by atoms with E-state index < -0.39 is 23.8 Å². The lowest BCUT2D eigenvalue weighted by Gasteiger charge is -2.14. The summed E-state index contributed by atoms with van der Waals surface area (Å²) in [4.78, 5) is 25.0. The van der Waals surface area contributed by atoms with Gasteiger partial charge in [0.1, 0.15) is 5.82 Å². The fourth-order valence-electron chi connectivity index (χ4n) is 1.81. The van der Waals surface area contributed by atoms with Crippen molar-refractivity contribution in [1.82, 2.24) is 0 Å². The van der Waals surface area contributed by atoms with Gasteiger partial charge in [0.2, 0.25) is 0 Å². The van der Waals surface area contributed by atoms with Gasteiger partial charge in [-0.15, -0.1) is 11.8 Å². The van der Waals surface area contributed by atoms with Crippen molar-refractivity contribution >= 4 is 29.3 Å². The quantitative estimate of drug-likeness (QED) is 0.669. The molecule has 2 rings (SSSR count). The third-order valence-corrected chi connectivity index (χ3v) is 3.85. The highest BCUT2D eigenvalue weighted by Gasteiger charge is 2.19. The standard InChI is InChI=1S/C17H16FNO3S/c1-11(16(20)19-15-6-4-3-5-14(15)18)22-17(21)12-7-9-13(23-2)10-8-12/h3-11H,1-2H3,(H,19,20)/t11-/m1/s1. The van der Waals surface area contributed by atoms with Crippen LogP contribution in [0.2, 0.25) is 0 Å². The predicted octanol–water partition coefficient (Wildman–Crippen LogP) is 3.73. The average Bonchev–Trinajstić information content (AvgIpc) is 2.56. The van der Waals surface area contributed by atoms with Gasteiger partial charge < -0.3 is 10.1 Å². The third kappa shape index (κ3) is 4.56. The van der Waals surface area contributed by atoms with Crippen molar-refractivity contribution in [3.63, 3.8) is 0 Å². The second kappa shape index (κ2) is 7.78. The second-order valence-corrected chi connectivity index (χ2v) is 5.62. The number of benzene rings is 2. The molecule has 0 aliphatic heterocycles. The minimum Gasteiger partial charge on any atom is -0.449 e. The first-order valence-electron chi connectivity index (χ1n) is 6.91. The molecule has 0 aliphatic rings. The van der Waals surface area contributed by atoms with Gasteiger partial charge in [-0.25, -0.2) is 9.18 Å². The molecule has 1 N–H and O–H groups in total. The van der Waals surface area contributed by atoms with E-state index in [2.05, 4.69) is 5.32 Å². The number of carbonyl (C=O) groups excluding carboxylic acids is 2. The van der Waals surface area contributed by atoms with Crippen LogP contribution in [-0.2, 0) is 9.53 Å². The molecular weight excluding hydrogens is 317 g/mol. The Bertz CT molecular complexity index is 703. The Hall–Kier alpha value is -2.34. The number of halogens is 1. The molecule has 23 heavy (non-hydrogen) atoms. The van der Waals surface area contributed by atoms with Crippen molar-refractivity contribution < 1.29 is 18.7 Å². The fraction of sp³-hybridized carbons (Fsp3) is 0.176. The number of hydrogen-bond acceptors (Lipinski definition) is 4. The van der Waals surface area contributed by atoms with E-state index >= 15 is 0 Å². The Morgan fingerprint density at radius 1 is 1.13 bits per heavy atom. The number of thioether (sulfide) groups is 1. The molecule has 2 aromatic carbocycles. The van der Waals surface area contributed by atoms with Crippen molar-refractivity contribution in [2.45, 2.75) is 17.9 Å². The zero-order valence-electron chi connectivity index (χ0n) is 12.7. The monoisotopic (exact) mass is 333 g/mol. The van der Waals surface area contributed by atoms with E-state index in [0.717, 1.165) is 4.90 Å². The van der Waals surface area contributed by atoms with Gasteiger partial charge in [-0.1, -0.05) is 12.1 Å². The summed E-state index contributed by atoms with van der Waals surface area (Å²) in [6.07, 6.45) is 0.893. The highest BCUT2D eigenvalue weighted by molar-refractivity contribution is 7.98. The van der Waals surface area contributed by atoms with E-state index in [-0.39, 0.29) is 5.69 Å². The average molecular weight is 333 g/mol. The molecule has 0 aliphatic carbocycles. The highest BCUT2D eigenvalue weighted by Crippen LogP contribution is 2.16. The maximum Gasteiger partial charge on any atom is 0.338 e. The Kier molecular flexibility index (Phi) is 5.76. The normalized spacial score (nSPS) is 11.6. The molecule has 1 amide bonds. The first kappa shape index (κ1) is 17.0. The molecule has 2 aromatic rings. The maximum atomic E-state index is 13.5. The van der Waals surface area contributed by atoms with Crippen LogP contribution in [0.3, 0.4) is 0 Å². The predicted molar refractivity (Wildman–Crippen MR) is 88.1 cm³/mol. The summed E-state index contributed by atoms with van der Waals surface area (Å²) >= 11 is 1.56. The zero-order chi connectivity index (χ0) is 16.8. The third-order valence-electron chi connectivity index (χ3n) is 3.11. The number of para-hydroxylation sites is 1. The van der Waals surface area contributed by atoms with Gasteiger partial charge in [0.15, 0.2) is 6.10 Å². The number of carbonyl (C=O) groups is 2. The molecule has 120 valence electrons. The molecule has 0 heterocycles. The lowest BCUT2D eigenvalue weighted by Crippen LogP contribution is -2.30. The Morgan fingerprint density at radius 3 is 2.39 bits per heavy atom. The van der Waals surface area contributed by atoms with E-state index in [4.69, 9.17) is 4.74 Å². The topological polar surface area (TPSA) is 55.4 Å². The maximum absolute atomic E-state index is 13.5. The molecule has 0 unspecified atom stereocenters. The second-order valence-electron chi connectivity index (χ2n) is 4.75. The van der Waals surface area contributed by atoms with E-state index in [0.29, 0.717) is 5.56 Å². The van der Waals surface area contributed by atoms with Gasteiger partial charge >= 0.3 is 5.97 Å². The van der Waals surface area contributed by atoms with Crippen LogP contribution in [0.1, 0.15) is 17.3 Å². The molecule has 0 bridgehead atoms. The van der Waals surface area contributed by atoms with Gasteiger partial charge in [0.05, 0.1) is 11.3 Å². The SMILES string of the molecule is CSc1ccc(C(=O)O[C@H](C)C(=O)Nc2ccccc2F)cc1. The molecule has 0 aromatic heterocycles. The van der Waals surface area contributed by atoms with Crippen molar-refractivity contribution in [2.24, 2.45) is 0 Å². The van der Waals surface area contributed by atoms with Crippen LogP contribution in [0, 0.1) is 5.82 Å². The number of rotatable bonds is 5. The molecule has 0 saturated carbocycles. The highest BCUT2D eigenvalue weighted by atomic mass is 32.2. The van der Waals surface area contributed by atoms with E-state index in [1.54, 1.807) is 42.1 Å². The number of esters is 1. The summed E-state index contributed by atoms with van der Waals surface area (Å²) in [7, 11) is 0. The minimum absolute atomic E-state index is 0.0460. The molecular formula is C17H16FNO3S. The van der Waals surface area contributed by atoms with Gasteiger partial charge in [-0.2, -0.15) is 0 Å². The van der Waals surface area contributed by atoms with Crippen molar-refractivity contribution in [1.29, 1.82) is 0 Å². The Morgan fingerprint density at radius 2 is 1.78 bits per heavy atom. The van der Waals surface area contributed by atoms with E-state index in [1.807, 2.05) is 6.26 Å². The van der Waals surface area contributed by atoms with Crippen LogP contribution in [0.4, 0.5) is 10.1 Å². The number of amides is 1. The Labute approximate surface area is 138 Å². The van der Waals surface area contributed by atoms with Gasteiger partial charge in [0, 0.05) is 4.90 Å². The number of nitrogens with one attached hydrogen (secondary N) is 1. The minimum atomic E-state index is -1.04. The van der Waals surface area contributed by atoms with Crippen LogP contribution >= 0.6 is 11.8 Å². The summed E-state index contributed by atoms with van der Waals surface area (Å²) in [5.74, 6) is -1.75. The molecule has 0 saturated heterocycles. The first-order valence-corrected chi connectivity index (χ1v) is 8.14. The van der Waals surface area contributed by atoms with Crippen molar-refractivity contribution in [3.8, 4) is 0 Å². The number of ether oxygens (including phenoxy) is 1. The Balaban J connectivity index is 1.97. The van der Waals surface area contributed by atoms with Crippen LogP contribution in [-0.4, -0.2) is 24.2 Å². The van der Waals surface area contributed by atoms with Gasteiger partial charge in [-0.3, -0.25) is 4.79 Å². The van der Waals surface area contributed by atoms with Crippen LogP contribution in [0.5, 0.6) is 0 Å². The van der Waals surface area contributed by atoms with Crippen LogP contribution in [0.25, 0.3) is 0 Å². The number of anilines is 1. The van der Waals surface area contributed by atoms with Crippen molar-refractivity contribution in [3.05, 3.63) is 59.9 Å². The lowest BCUT2D eigenvalue weighted by molar-refractivity contribution is -0.123. The fourth-order valence-corrected chi connectivity index (χ4v) is 2.21. The summed E-state index contributed by atoms with van der Waals surface area (Å²) in [5.41, 5.74) is 0.401. The lowest BCUT2D eigenvalue weighted by atomic mass is 10.2. The number of hydrogen-bond donors (Lipinski definition) is 1. The summed E-state index contributed by atoms with van der Waals surface area (Å²) in [6.45, 7) is 1.43. The molecule has 0 spiro atoms.